The van der Waals surface area contributed by atoms with Gasteiger partial charge in [-0.15, -0.1) is 0 Å². The lowest BCUT2D eigenvalue weighted by atomic mass is 9.95. The van der Waals surface area contributed by atoms with Crippen molar-refractivity contribution in [3.8, 4) is 0 Å². The number of fused-ring (bicyclic) bond motifs is 1. The van der Waals surface area contributed by atoms with Crippen LogP contribution >= 0.6 is 27.7 Å². The topological polar surface area (TPSA) is 39.2 Å². The fraction of sp³-hybridized carbons (Fsp3) is 0.286. The van der Waals surface area contributed by atoms with E-state index in [9.17, 15) is 4.79 Å². The number of aromatic nitrogens is 1. The molecule has 0 unspecified atom stereocenters. The first kappa shape index (κ1) is 12.9. The molecule has 0 amide bonds. The van der Waals surface area contributed by atoms with Crippen LogP contribution in [0, 0.1) is 0 Å². The van der Waals surface area contributed by atoms with Crippen molar-refractivity contribution in [2.24, 2.45) is 0 Å². The van der Waals surface area contributed by atoms with Crippen molar-refractivity contribution in [1.82, 2.24) is 4.98 Å². The van der Waals surface area contributed by atoms with Gasteiger partial charge in [-0.3, -0.25) is 9.78 Å². The molecule has 1 fully saturated rings. The number of carbonyl (C=O) groups excluding carboxylic acids is 1. The number of carbonyl (C=O) groups is 1. The first-order chi connectivity index (χ1) is 9.22. The molecular formula is C14H12BrNO2S. The molecule has 3 nitrogen and oxygen atoms in total. The molecule has 0 radical (unpaired) electrons. The lowest BCUT2D eigenvalue weighted by Gasteiger charge is -2.39. The Kier molecular flexibility index (Phi) is 3.50. The third kappa shape index (κ3) is 2.49. The van der Waals surface area contributed by atoms with Crippen molar-refractivity contribution in [2.45, 2.75) is 29.1 Å². The quantitative estimate of drug-likeness (QED) is 0.620. The number of hydrogen-bond donors (Lipinski definition) is 0. The van der Waals surface area contributed by atoms with Gasteiger partial charge >= 0.3 is 0 Å². The largest absolute Gasteiger partial charge is 0.450 e. The minimum Gasteiger partial charge on any atom is -0.450 e. The molecule has 98 valence electrons. The van der Waals surface area contributed by atoms with Crippen LogP contribution in [0.2, 0.25) is 0 Å². The number of ether oxygens (including phenoxy) is 1. The normalized spacial score (nSPS) is 16.9. The van der Waals surface area contributed by atoms with Gasteiger partial charge in [0.15, 0.2) is 4.93 Å². The third-order valence-electron chi connectivity index (χ3n) is 3.34. The number of rotatable bonds is 4. The highest BCUT2D eigenvalue weighted by molar-refractivity contribution is 9.10. The summed E-state index contributed by atoms with van der Waals surface area (Å²) in [6.45, 7) is 0.561. The van der Waals surface area contributed by atoms with Gasteiger partial charge < -0.3 is 4.74 Å². The summed E-state index contributed by atoms with van der Waals surface area (Å²) in [5, 5.41) is 1.09. The monoisotopic (exact) mass is 337 g/mol. The highest BCUT2D eigenvalue weighted by Crippen LogP contribution is 2.49. The third-order valence-corrected chi connectivity index (χ3v) is 5.28. The van der Waals surface area contributed by atoms with Crippen molar-refractivity contribution in [2.75, 3.05) is 0 Å². The Morgan fingerprint density at radius 2 is 2.21 bits per heavy atom. The van der Waals surface area contributed by atoms with E-state index in [4.69, 9.17) is 4.74 Å². The Morgan fingerprint density at radius 1 is 1.37 bits per heavy atom. The van der Waals surface area contributed by atoms with Crippen molar-refractivity contribution in [3.63, 3.8) is 0 Å². The summed E-state index contributed by atoms with van der Waals surface area (Å²) >= 11 is 5.11. The minimum absolute atomic E-state index is 0.377. The highest BCUT2D eigenvalue weighted by Gasteiger charge is 2.40. The zero-order valence-electron chi connectivity index (χ0n) is 10.1. The first-order valence-corrected chi connectivity index (χ1v) is 7.68. The van der Waals surface area contributed by atoms with E-state index in [-0.39, 0.29) is 4.93 Å². The maximum absolute atomic E-state index is 10.7. The van der Waals surface area contributed by atoms with Crippen LogP contribution in [0.5, 0.6) is 0 Å². The Labute approximate surface area is 123 Å². The number of benzene rings is 1. The van der Waals surface area contributed by atoms with Crippen LogP contribution in [0.3, 0.4) is 0 Å². The van der Waals surface area contributed by atoms with E-state index < -0.39 is 0 Å². The van der Waals surface area contributed by atoms with Crippen LogP contribution in [-0.4, -0.2) is 16.4 Å². The lowest BCUT2D eigenvalue weighted by molar-refractivity contribution is -0.140. The van der Waals surface area contributed by atoms with Crippen LogP contribution in [-0.2, 0) is 9.53 Å². The highest BCUT2D eigenvalue weighted by atomic mass is 79.9. The van der Waals surface area contributed by atoms with E-state index in [0.29, 0.717) is 6.47 Å². The summed E-state index contributed by atoms with van der Waals surface area (Å²) in [6, 6.07) is 7.99. The fourth-order valence-electron chi connectivity index (χ4n) is 2.18. The zero-order valence-corrected chi connectivity index (χ0v) is 12.5. The molecule has 1 aliphatic carbocycles. The van der Waals surface area contributed by atoms with Gasteiger partial charge in [0.2, 0.25) is 0 Å². The lowest BCUT2D eigenvalue weighted by Crippen LogP contribution is -2.36. The number of pyridine rings is 1. The Balaban J connectivity index is 2.00. The van der Waals surface area contributed by atoms with Gasteiger partial charge in [0.25, 0.3) is 6.47 Å². The van der Waals surface area contributed by atoms with Gasteiger partial charge in [0, 0.05) is 21.0 Å². The van der Waals surface area contributed by atoms with Gasteiger partial charge in [0.1, 0.15) is 0 Å². The predicted octanol–water partition coefficient (Wildman–Crippen LogP) is 4.14. The molecule has 3 rings (SSSR count). The average molecular weight is 338 g/mol. The number of hydrogen-bond acceptors (Lipinski definition) is 4. The molecule has 0 aliphatic heterocycles. The Morgan fingerprint density at radius 3 is 2.89 bits per heavy atom. The van der Waals surface area contributed by atoms with Gasteiger partial charge in [-0.05, 0) is 43.5 Å². The summed E-state index contributed by atoms with van der Waals surface area (Å²) in [5.41, 5.74) is 0.953. The van der Waals surface area contributed by atoms with E-state index in [1.807, 2.05) is 18.2 Å². The van der Waals surface area contributed by atoms with Crippen LogP contribution in [0.15, 0.2) is 39.8 Å². The number of halogens is 1. The number of nitrogens with zero attached hydrogens (tertiary/aromatic N) is 1. The molecule has 19 heavy (non-hydrogen) atoms. The van der Waals surface area contributed by atoms with Crippen molar-refractivity contribution in [1.29, 1.82) is 0 Å². The van der Waals surface area contributed by atoms with E-state index >= 15 is 0 Å². The molecular weight excluding hydrogens is 326 g/mol. The Bertz CT molecular complexity index is 628. The van der Waals surface area contributed by atoms with Crippen LogP contribution in [0.25, 0.3) is 10.9 Å². The molecule has 0 bridgehead atoms. The van der Waals surface area contributed by atoms with E-state index in [0.717, 1.165) is 39.5 Å². The molecule has 0 N–H and O–H groups in total. The molecule has 1 aliphatic rings. The summed E-state index contributed by atoms with van der Waals surface area (Å²) in [4.78, 5) is 15.8. The smallest absolute Gasteiger partial charge is 0.294 e. The predicted molar refractivity (Wildman–Crippen MR) is 79.0 cm³/mol. The van der Waals surface area contributed by atoms with Gasteiger partial charge in [-0.25, -0.2) is 0 Å². The molecule has 1 heterocycles. The number of thioether (sulfide) groups is 1. The summed E-state index contributed by atoms with van der Waals surface area (Å²) < 4.78 is 6.32. The standard InChI is InChI=1S/C14H12BrNO2S/c15-10-2-3-12-11(8-10)13(4-7-16-12)19-14(18-9-17)5-1-6-14/h2-4,7-9H,1,5-6H2. The SMILES string of the molecule is O=COC1(Sc2ccnc3ccc(Br)cc23)CCC1. The second-order valence-electron chi connectivity index (χ2n) is 4.55. The Hall–Kier alpha value is -1.07. The van der Waals surface area contributed by atoms with Gasteiger partial charge in [0.05, 0.1) is 5.52 Å². The van der Waals surface area contributed by atoms with Crippen molar-refractivity contribution >= 4 is 45.1 Å². The van der Waals surface area contributed by atoms with Crippen LogP contribution in [0.1, 0.15) is 19.3 Å². The first-order valence-electron chi connectivity index (χ1n) is 6.07. The van der Waals surface area contributed by atoms with Crippen LogP contribution < -0.4 is 0 Å². The van der Waals surface area contributed by atoms with E-state index in [2.05, 4.69) is 27.0 Å². The fourth-order valence-corrected chi connectivity index (χ4v) is 3.92. The maximum Gasteiger partial charge on any atom is 0.294 e. The second kappa shape index (κ2) is 5.13. The van der Waals surface area contributed by atoms with E-state index in [1.165, 1.54) is 0 Å². The van der Waals surface area contributed by atoms with Crippen molar-refractivity contribution < 1.29 is 9.53 Å². The van der Waals surface area contributed by atoms with Gasteiger partial charge in [-0.1, -0.05) is 27.7 Å². The van der Waals surface area contributed by atoms with E-state index in [1.54, 1.807) is 18.0 Å². The molecule has 1 aromatic carbocycles. The molecule has 5 heteroatoms. The zero-order chi connectivity index (χ0) is 13.3. The van der Waals surface area contributed by atoms with Crippen LogP contribution in [0.4, 0.5) is 0 Å². The molecule has 1 saturated carbocycles. The summed E-state index contributed by atoms with van der Waals surface area (Å²) in [5.74, 6) is 0. The molecule has 1 aromatic heterocycles. The van der Waals surface area contributed by atoms with Gasteiger partial charge in [-0.2, -0.15) is 0 Å². The molecule has 2 aromatic rings. The minimum atomic E-state index is -0.377. The second-order valence-corrected chi connectivity index (χ2v) is 6.85. The maximum atomic E-state index is 10.7. The average Bonchev–Trinajstić information content (AvgIpc) is 2.37. The van der Waals surface area contributed by atoms with Crippen molar-refractivity contribution in [3.05, 3.63) is 34.9 Å². The molecule has 0 atom stereocenters. The summed E-state index contributed by atoms with van der Waals surface area (Å²) in [6.07, 6.45) is 4.72. The molecule has 0 spiro atoms. The molecule has 0 saturated heterocycles. The summed E-state index contributed by atoms with van der Waals surface area (Å²) in [7, 11) is 0.